The van der Waals surface area contributed by atoms with Crippen molar-refractivity contribution >= 4 is 46.0 Å². The van der Waals surface area contributed by atoms with Crippen LogP contribution in [0.2, 0.25) is 10.0 Å². The van der Waals surface area contributed by atoms with Gasteiger partial charge in [-0.05, 0) is 61.4 Å². The molecule has 0 radical (unpaired) electrons. The number of carbonyl (C=O) groups excluding carboxylic acids is 1. The van der Waals surface area contributed by atoms with Crippen LogP contribution in [0.15, 0.2) is 18.3 Å². The minimum absolute atomic E-state index is 0.0139. The number of likely N-dealkylation sites (tertiary alicyclic amines) is 1. The highest BCUT2D eigenvalue weighted by Crippen LogP contribution is 2.38. The number of hydrogen-bond donors (Lipinski definition) is 1. The van der Waals surface area contributed by atoms with Crippen molar-refractivity contribution in [2.45, 2.75) is 45.7 Å². The number of amides is 1. The van der Waals surface area contributed by atoms with E-state index in [2.05, 4.69) is 4.98 Å². The van der Waals surface area contributed by atoms with Gasteiger partial charge in [0.05, 0.1) is 21.3 Å². The number of aryl methyl sites for hydroxylation is 3. The summed E-state index contributed by atoms with van der Waals surface area (Å²) < 4.78 is 41.7. The molecule has 37 heavy (non-hydrogen) atoms. The number of pyridine rings is 1. The van der Waals surface area contributed by atoms with E-state index in [0.717, 1.165) is 17.7 Å². The molecule has 6 nitrogen and oxygen atoms in total. The highest BCUT2D eigenvalue weighted by atomic mass is 35.5. The average molecular weight is 556 g/mol. The summed E-state index contributed by atoms with van der Waals surface area (Å²) in [7, 11) is 1.68. The van der Waals surface area contributed by atoms with Gasteiger partial charge in [0, 0.05) is 50.1 Å². The van der Waals surface area contributed by atoms with E-state index in [9.17, 15) is 22.8 Å². The Kier molecular flexibility index (Phi) is 7.50. The zero-order valence-electron chi connectivity index (χ0n) is 20.5. The molecule has 0 bridgehead atoms. The molecule has 0 unspecified atom stereocenters. The number of benzene rings is 1. The molecule has 198 valence electrons. The predicted octanol–water partition coefficient (Wildman–Crippen LogP) is 6.43. The van der Waals surface area contributed by atoms with Gasteiger partial charge in [-0.1, -0.05) is 23.2 Å². The van der Waals surface area contributed by atoms with E-state index in [1.165, 1.54) is 0 Å². The molecule has 4 rings (SSSR count). The largest absolute Gasteiger partial charge is 0.481 e. The summed E-state index contributed by atoms with van der Waals surface area (Å²) in [5.74, 6) is -1.20. The Morgan fingerprint density at radius 2 is 1.78 bits per heavy atom. The van der Waals surface area contributed by atoms with Crippen LogP contribution in [0.25, 0.3) is 10.9 Å². The summed E-state index contributed by atoms with van der Waals surface area (Å²) in [5, 5.41) is 10.1. The van der Waals surface area contributed by atoms with E-state index in [1.807, 2.05) is 0 Å². The summed E-state index contributed by atoms with van der Waals surface area (Å²) in [4.78, 5) is 30.3. The highest BCUT2D eigenvalue weighted by Gasteiger charge is 2.32. The third-order valence-electron chi connectivity index (χ3n) is 6.96. The predicted molar refractivity (Wildman–Crippen MR) is 135 cm³/mol. The van der Waals surface area contributed by atoms with Gasteiger partial charge in [0.2, 0.25) is 0 Å². The minimum atomic E-state index is -4.46. The Hall–Kier alpha value is -2.78. The van der Waals surface area contributed by atoms with Gasteiger partial charge in [0.1, 0.15) is 5.69 Å². The number of carboxylic acids is 1. The van der Waals surface area contributed by atoms with Crippen LogP contribution in [0.5, 0.6) is 0 Å². The van der Waals surface area contributed by atoms with Crippen molar-refractivity contribution < 1.29 is 27.9 Å². The van der Waals surface area contributed by atoms with Crippen LogP contribution in [0.4, 0.5) is 13.2 Å². The maximum absolute atomic E-state index is 13.4. The quantitative estimate of drug-likeness (QED) is 0.393. The molecule has 0 spiro atoms. The molecule has 1 N–H and O–H groups in total. The van der Waals surface area contributed by atoms with E-state index in [-0.39, 0.29) is 35.4 Å². The number of rotatable bonds is 5. The van der Waals surface area contributed by atoms with E-state index < -0.39 is 17.7 Å². The minimum Gasteiger partial charge on any atom is -0.481 e. The SMILES string of the molecule is Cc1nc(C(=O)N2CCC(CC(=O)O)CC2)c(Cl)c(Cc2cn(C)c3cc(C(F)(F)F)cc(C)c23)c1Cl. The van der Waals surface area contributed by atoms with Crippen molar-refractivity contribution in [3.63, 3.8) is 0 Å². The van der Waals surface area contributed by atoms with Crippen LogP contribution in [0, 0.1) is 19.8 Å². The molecular formula is C26H26Cl2F3N3O3. The molecule has 11 heteroatoms. The summed E-state index contributed by atoms with van der Waals surface area (Å²) in [6, 6.07) is 2.24. The molecular weight excluding hydrogens is 530 g/mol. The van der Waals surface area contributed by atoms with Crippen LogP contribution >= 0.6 is 23.2 Å². The summed E-state index contributed by atoms with van der Waals surface area (Å²) in [6.07, 6.45) is -1.30. The summed E-state index contributed by atoms with van der Waals surface area (Å²) >= 11 is 13.3. The van der Waals surface area contributed by atoms with Gasteiger partial charge in [-0.2, -0.15) is 13.2 Å². The Balaban J connectivity index is 1.68. The lowest BCUT2D eigenvalue weighted by Gasteiger charge is -2.31. The van der Waals surface area contributed by atoms with Gasteiger partial charge in [-0.15, -0.1) is 0 Å². The number of carboxylic acid groups (broad SMARTS) is 1. The van der Waals surface area contributed by atoms with Gasteiger partial charge >= 0.3 is 12.1 Å². The second-order valence-corrected chi connectivity index (χ2v) is 10.4. The third-order valence-corrected chi connectivity index (χ3v) is 7.87. The zero-order chi connectivity index (χ0) is 27.2. The Morgan fingerprint density at radius 3 is 2.38 bits per heavy atom. The van der Waals surface area contributed by atoms with Crippen molar-refractivity contribution in [3.05, 3.63) is 62.0 Å². The monoisotopic (exact) mass is 555 g/mol. The first-order valence-electron chi connectivity index (χ1n) is 11.8. The molecule has 0 atom stereocenters. The Bertz CT molecular complexity index is 1390. The molecule has 3 aromatic rings. The first-order valence-corrected chi connectivity index (χ1v) is 12.5. The van der Waals surface area contributed by atoms with E-state index in [0.29, 0.717) is 58.7 Å². The number of halogens is 5. The van der Waals surface area contributed by atoms with Gasteiger partial charge in [0.25, 0.3) is 5.91 Å². The summed E-state index contributed by atoms with van der Waals surface area (Å²) in [5.41, 5.74) is 1.87. The fraction of sp³-hybridized carbons (Fsp3) is 0.423. The lowest BCUT2D eigenvalue weighted by Crippen LogP contribution is -2.39. The van der Waals surface area contributed by atoms with Crippen molar-refractivity contribution in [2.75, 3.05) is 13.1 Å². The van der Waals surface area contributed by atoms with E-state index in [1.54, 1.807) is 36.6 Å². The molecule has 2 aromatic heterocycles. The number of piperidine rings is 1. The number of nitrogens with zero attached hydrogens (tertiary/aromatic N) is 3. The fourth-order valence-electron chi connectivity index (χ4n) is 5.08. The number of aliphatic carboxylic acids is 1. The molecule has 1 aromatic carbocycles. The number of fused-ring (bicyclic) bond motifs is 1. The lowest BCUT2D eigenvalue weighted by atomic mass is 9.93. The van der Waals surface area contributed by atoms with Crippen LogP contribution in [0.3, 0.4) is 0 Å². The maximum Gasteiger partial charge on any atom is 0.416 e. The van der Waals surface area contributed by atoms with Crippen LogP contribution in [-0.4, -0.2) is 44.5 Å². The molecule has 1 aliphatic rings. The first kappa shape index (κ1) is 27.3. The van der Waals surface area contributed by atoms with Crippen LogP contribution < -0.4 is 0 Å². The molecule has 0 aliphatic carbocycles. The average Bonchev–Trinajstić information content (AvgIpc) is 3.14. The van der Waals surface area contributed by atoms with E-state index in [4.69, 9.17) is 28.3 Å². The normalized spacial score (nSPS) is 15.0. The van der Waals surface area contributed by atoms with Crippen molar-refractivity contribution in [1.29, 1.82) is 0 Å². The van der Waals surface area contributed by atoms with Crippen molar-refractivity contribution in [1.82, 2.24) is 14.5 Å². The maximum atomic E-state index is 13.4. The lowest BCUT2D eigenvalue weighted by molar-refractivity contribution is -0.139. The van der Waals surface area contributed by atoms with Crippen molar-refractivity contribution in [2.24, 2.45) is 13.0 Å². The molecule has 1 aliphatic heterocycles. The second-order valence-electron chi connectivity index (χ2n) is 9.61. The third kappa shape index (κ3) is 5.43. The molecule has 1 saturated heterocycles. The van der Waals surface area contributed by atoms with Gasteiger partial charge < -0.3 is 14.6 Å². The van der Waals surface area contributed by atoms with Gasteiger partial charge in [0.15, 0.2) is 0 Å². The van der Waals surface area contributed by atoms with Crippen LogP contribution in [0.1, 0.15) is 57.7 Å². The zero-order valence-corrected chi connectivity index (χ0v) is 22.1. The second kappa shape index (κ2) is 10.2. The number of aromatic nitrogens is 2. The first-order chi connectivity index (χ1) is 17.3. The topological polar surface area (TPSA) is 75.4 Å². The standard InChI is InChI=1S/C26H26Cl2F3N3O3/c1-13-8-17(26(29,30)31)11-19-21(13)16(12-33(19)3)10-18-22(27)14(2)32-24(23(18)28)25(37)34-6-4-15(5-7-34)9-20(35)36/h8,11-12,15H,4-7,9-10H2,1-3H3,(H,35,36). The molecule has 1 fully saturated rings. The smallest absolute Gasteiger partial charge is 0.416 e. The van der Waals surface area contributed by atoms with Gasteiger partial charge in [-0.3, -0.25) is 9.59 Å². The number of hydrogen-bond acceptors (Lipinski definition) is 3. The van der Waals surface area contributed by atoms with Crippen molar-refractivity contribution in [3.8, 4) is 0 Å². The van der Waals surface area contributed by atoms with Crippen LogP contribution in [-0.2, 0) is 24.4 Å². The van der Waals surface area contributed by atoms with E-state index >= 15 is 0 Å². The Morgan fingerprint density at radius 1 is 1.14 bits per heavy atom. The highest BCUT2D eigenvalue weighted by molar-refractivity contribution is 6.38. The van der Waals surface area contributed by atoms with Gasteiger partial charge in [-0.25, -0.2) is 4.98 Å². The number of carbonyl (C=O) groups is 2. The summed E-state index contributed by atoms with van der Waals surface area (Å²) in [6.45, 7) is 4.10. The number of alkyl halides is 3. The molecule has 0 saturated carbocycles. The Labute approximate surface area is 222 Å². The molecule has 1 amide bonds. The fourth-order valence-corrected chi connectivity index (χ4v) is 5.61. The molecule has 3 heterocycles.